The Hall–Kier alpha value is -2.42. The van der Waals surface area contributed by atoms with E-state index in [1.807, 2.05) is 0 Å². The van der Waals surface area contributed by atoms with Crippen LogP contribution in [-0.2, 0) is 12.8 Å². The van der Waals surface area contributed by atoms with E-state index in [9.17, 15) is 8.78 Å². The first-order chi connectivity index (χ1) is 13.3. The molecule has 0 radical (unpaired) electrons. The van der Waals surface area contributed by atoms with Crippen LogP contribution >= 0.6 is 11.3 Å². The van der Waals surface area contributed by atoms with Gasteiger partial charge in [-0.3, -0.25) is 0 Å². The van der Waals surface area contributed by atoms with Crippen LogP contribution in [0.1, 0.15) is 44.2 Å². The van der Waals surface area contributed by atoms with Crippen LogP contribution in [0.15, 0.2) is 18.6 Å². The zero-order chi connectivity index (χ0) is 19.6. The van der Waals surface area contributed by atoms with Gasteiger partial charge in [-0.1, -0.05) is 20.8 Å². The van der Waals surface area contributed by atoms with Crippen molar-refractivity contribution in [2.45, 2.75) is 46.6 Å². The lowest BCUT2D eigenvalue weighted by Gasteiger charge is -2.33. The van der Waals surface area contributed by atoms with Gasteiger partial charge in [0.15, 0.2) is 5.65 Å². The summed E-state index contributed by atoms with van der Waals surface area (Å²) in [5.74, 6) is 0.979. The van der Waals surface area contributed by atoms with Gasteiger partial charge >= 0.3 is 6.55 Å². The Morgan fingerprint density at radius 3 is 2.79 bits per heavy atom. The highest BCUT2D eigenvalue weighted by Crippen LogP contribution is 2.43. The van der Waals surface area contributed by atoms with Crippen molar-refractivity contribution in [3.63, 3.8) is 0 Å². The number of thiophene rings is 1. The summed E-state index contributed by atoms with van der Waals surface area (Å²) >= 11 is 1.74. The van der Waals surface area contributed by atoms with E-state index < -0.39 is 6.55 Å². The number of hydrogen-bond donors (Lipinski definition) is 0. The fourth-order valence-corrected chi connectivity index (χ4v) is 5.25. The fraction of sp³-hybridized carbons (Fsp3) is 0.474. The zero-order valence-electron chi connectivity index (χ0n) is 15.9. The molecule has 0 aromatic carbocycles. The lowest BCUT2D eigenvalue weighted by molar-refractivity contribution is 0.0568. The molecule has 1 aliphatic rings. The molecule has 0 spiro atoms. The first-order valence-electron chi connectivity index (χ1n) is 9.30. The van der Waals surface area contributed by atoms with Crippen molar-refractivity contribution in [3.8, 4) is 11.5 Å². The van der Waals surface area contributed by atoms with Crippen LogP contribution in [0.2, 0.25) is 0 Å². The monoisotopic (exact) mass is 402 g/mol. The fourth-order valence-electron chi connectivity index (χ4n) is 3.99. The summed E-state index contributed by atoms with van der Waals surface area (Å²) in [7, 11) is 0. The molecule has 0 bridgehead atoms. The van der Waals surface area contributed by atoms with Crippen LogP contribution < -0.4 is 0 Å². The standard InChI is InChI=1S/C19H20F2N6S/c1-19(2,3)10-4-5-11-13(8-10)28-17-14(11)16-23-15(25-27(16)9-22-17)12-6-7-26(24-12)18(20)21/h6-7,9-10,18H,4-5,8H2,1-3H3. The highest BCUT2D eigenvalue weighted by atomic mass is 32.1. The summed E-state index contributed by atoms with van der Waals surface area (Å²) in [6, 6.07) is 1.50. The minimum Gasteiger partial charge on any atom is -0.225 e. The average molecular weight is 402 g/mol. The van der Waals surface area contributed by atoms with Crippen molar-refractivity contribution in [1.29, 1.82) is 0 Å². The summed E-state index contributed by atoms with van der Waals surface area (Å²) in [5, 5.41) is 9.34. The van der Waals surface area contributed by atoms with Gasteiger partial charge in [0, 0.05) is 11.1 Å². The highest BCUT2D eigenvalue weighted by molar-refractivity contribution is 7.19. The average Bonchev–Trinajstić information content (AvgIpc) is 3.34. The topological polar surface area (TPSA) is 60.9 Å². The molecule has 28 heavy (non-hydrogen) atoms. The maximum atomic E-state index is 12.8. The van der Waals surface area contributed by atoms with Gasteiger partial charge in [-0.15, -0.1) is 16.4 Å². The number of aromatic nitrogens is 6. The van der Waals surface area contributed by atoms with Gasteiger partial charge in [-0.2, -0.15) is 13.9 Å². The molecule has 5 rings (SSSR count). The third-order valence-electron chi connectivity index (χ3n) is 5.65. The maximum Gasteiger partial charge on any atom is 0.333 e. The molecule has 4 aromatic heterocycles. The van der Waals surface area contributed by atoms with E-state index in [1.54, 1.807) is 22.2 Å². The summed E-state index contributed by atoms with van der Waals surface area (Å²) in [4.78, 5) is 11.5. The highest BCUT2D eigenvalue weighted by Gasteiger charge is 2.31. The Kier molecular flexibility index (Phi) is 3.81. The Morgan fingerprint density at radius 1 is 1.25 bits per heavy atom. The van der Waals surface area contributed by atoms with Crippen molar-refractivity contribution in [3.05, 3.63) is 29.0 Å². The van der Waals surface area contributed by atoms with Gasteiger partial charge in [0.25, 0.3) is 0 Å². The molecule has 4 heterocycles. The second-order valence-electron chi connectivity index (χ2n) is 8.40. The normalized spacial score (nSPS) is 17.7. The molecular weight excluding hydrogens is 382 g/mol. The van der Waals surface area contributed by atoms with Crippen LogP contribution in [0, 0.1) is 11.3 Å². The summed E-state index contributed by atoms with van der Waals surface area (Å²) in [5.41, 5.74) is 2.64. The number of hydrogen-bond acceptors (Lipinski definition) is 5. The van der Waals surface area contributed by atoms with Crippen molar-refractivity contribution in [1.82, 2.24) is 29.4 Å². The van der Waals surface area contributed by atoms with Gasteiger partial charge in [-0.05, 0) is 42.2 Å². The van der Waals surface area contributed by atoms with Crippen LogP contribution in [0.5, 0.6) is 0 Å². The molecule has 0 saturated carbocycles. The van der Waals surface area contributed by atoms with E-state index in [0.29, 0.717) is 22.1 Å². The SMILES string of the molecule is CC(C)(C)C1CCc2c(sc3ncn4nc(-c5ccn(C(F)F)n5)nc4c23)C1. The first-order valence-corrected chi connectivity index (χ1v) is 10.1. The van der Waals surface area contributed by atoms with Crippen molar-refractivity contribution in [2.24, 2.45) is 11.3 Å². The summed E-state index contributed by atoms with van der Waals surface area (Å²) < 4.78 is 27.9. The molecular formula is C19H20F2N6S. The molecule has 0 fully saturated rings. The maximum absolute atomic E-state index is 12.8. The van der Waals surface area contributed by atoms with E-state index in [4.69, 9.17) is 0 Å². The number of halogens is 2. The Bertz CT molecular complexity index is 1180. The molecule has 6 nitrogen and oxygen atoms in total. The van der Waals surface area contributed by atoms with Gasteiger partial charge in [0.2, 0.25) is 5.82 Å². The lowest BCUT2D eigenvalue weighted by atomic mass is 9.72. The van der Waals surface area contributed by atoms with Crippen LogP contribution in [0.3, 0.4) is 0 Å². The molecule has 1 atom stereocenters. The van der Waals surface area contributed by atoms with Crippen LogP contribution in [0.4, 0.5) is 8.78 Å². The molecule has 4 aromatic rings. The Labute approximate surface area is 164 Å². The smallest absolute Gasteiger partial charge is 0.225 e. The Balaban J connectivity index is 1.62. The number of alkyl halides is 2. The summed E-state index contributed by atoms with van der Waals surface area (Å²) in [6.07, 6.45) is 6.08. The molecule has 146 valence electrons. The van der Waals surface area contributed by atoms with E-state index in [-0.39, 0.29) is 5.41 Å². The molecule has 1 unspecified atom stereocenters. The van der Waals surface area contributed by atoms with E-state index in [2.05, 4.69) is 40.9 Å². The van der Waals surface area contributed by atoms with Gasteiger partial charge in [-0.25, -0.2) is 19.2 Å². The third kappa shape index (κ3) is 2.71. The second kappa shape index (κ2) is 6.04. The predicted octanol–water partition coefficient (Wildman–Crippen LogP) is 4.75. The van der Waals surface area contributed by atoms with Gasteiger partial charge in [0.1, 0.15) is 16.9 Å². The number of nitrogens with zero attached hydrogens (tertiary/aromatic N) is 6. The number of fused-ring (bicyclic) bond motifs is 5. The van der Waals surface area contributed by atoms with E-state index in [1.165, 1.54) is 22.7 Å². The second-order valence-corrected chi connectivity index (χ2v) is 9.48. The van der Waals surface area contributed by atoms with Crippen LogP contribution in [0.25, 0.3) is 27.4 Å². The third-order valence-corrected chi connectivity index (χ3v) is 6.81. The number of rotatable bonds is 2. The largest absolute Gasteiger partial charge is 0.333 e. The molecule has 9 heteroatoms. The van der Waals surface area contributed by atoms with Gasteiger partial charge < -0.3 is 0 Å². The quantitative estimate of drug-likeness (QED) is 0.486. The van der Waals surface area contributed by atoms with E-state index in [0.717, 1.165) is 35.1 Å². The minimum atomic E-state index is -2.68. The molecule has 0 saturated heterocycles. The molecule has 1 aliphatic carbocycles. The Morgan fingerprint density at radius 2 is 2.07 bits per heavy atom. The molecule has 0 amide bonds. The van der Waals surface area contributed by atoms with Crippen LogP contribution in [-0.4, -0.2) is 29.4 Å². The lowest BCUT2D eigenvalue weighted by Crippen LogP contribution is -2.26. The molecule has 0 N–H and O–H groups in total. The molecule has 0 aliphatic heterocycles. The predicted molar refractivity (Wildman–Crippen MR) is 104 cm³/mol. The minimum absolute atomic E-state index is 0.280. The van der Waals surface area contributed by atoms with Gasteiger partial charge in [0.05, 0.1) is 5.39 Å². The summed E-state index contributed by atoms with van der Waals surface area (Å²) in [6.45, 7) is 4.22. The van der Waals surface area contributed by atoms with Crippen molar-refractivity contribution < 1.29 is 8.78 Å². The van der Waals surface area contributed by atoms with Crippen molar-refractivity contribution in [2.75, 3.05) is 0 Å². The van der Waals surface area contributed by atoms with E-state index >= 15 is 0 Å². The number of aryl methyl sites for hydroxylation is 1. The first kappa shape index (κ1) is 17.7. The zero-order valence-corrected chi connectivity index (χ0v) is 16.7. The van der Waals surface area contributed by atoms with Crippen molar-refractivity contribution >= 4 is 27.2 Å².